The number of non-ortho nitro benzene ring substituents is 1. The number of hydrogen-bond donors (Lipinski definition) is 3. The van der Waals surface area contributed by atoms with Gasteiger partial charge in [-0.3, -0.25) is 19.7 Å². The van der Waals surface area contributed by atoms with Gasteiger partial charge in [-0.15, -0.1) is 0 Å². The van der Waals surface area contributed by atoms with Crippen LogP contribution >= 0.6 is 11.8 Å². The van der Waals surface area contributed by atoms with Gasteiger partial charge in [0.25, 0.3) is 10.9 Å². The first-order chi connectivity index (χ1) is 9.88. The monoisotopic (exact) mass is 311 g/mol. The molecule has 1 fully saturated rings. The van der Waals surface area contributed by atoms with Gasteiger partial charge < -0.3 is 15.7 Å². The van der Waals surface area contributed by atoms with Gasteiger partial charge in [0.1, 0.15) is 6.04 Å². The maximum Gasteiger partial charge on any atom is 0.338 e. The van der Waals surface area contributed by atoms with Crippen molar-refractivity contribution in [3.63, 3.8) is 0 Å². The first kappa shape index (κ1) is 14.8. The first-order valence-corrected chi connectivity index (χ1v) is 6.63. The van der Waals surface area contributed by atoms with Gasteiger partial charge in [0.05, 0.1) is 16.2 Å². The second-order valence-corrected chi connectivity index (χ2v) is 5.07. The Kier molecular flexibility index (Phi) is 4.08. The van der Waals surface area contributed by atoms with Gasteiger partial charge in [0.2, 0.25) is 5.91 Å². The highest BCUT2D eigenvalue weighted by atomic mass is 32.2. The van der Waals surface area contributed by atoms with Crippen LogP contribution in [-0.2, 0) is 4.79 Å². The van der Waals surface area contributed by atoms with Gasteiger partial charge in [-0.25, -0.2) is 4.79 Å². The average molecular weight is 311 g/mol. The Hall–Kier alpha value is -2.62. The molecule has 0 aliphatic carbocycles. The molecule has 2 rings (SSSR count). The van der Waals surface area contributed by atoms with E-state index in [9.17, 15) is 24.5 Å². The molecule has 1 aromatic carbocycles. The van der Waals surface area contributed by atoms with Gasteiger partial charge in [-0.1, -0.05) is 11.8 Å². The van der Waals surface area contributed by atoms with Crippen molar-refractivity contribution in [2.75, 3.05) is 11.1 Å². The van der Waals surface area contributed by atoms with E-state index in [1.165, 1.54) is 0 Å². The normalized spacial score (nSPS) is 17.1. The Morgan fingerprint density at radius 1 is 1.48 bits per heavy atom. The minimum Gasteiger partial charge on any atom is -0.478 e. The zero-order chi connectivity index (χ0) is 15.6. The van der Waals surface area contributed by atoms with Crippen LogP contribution in [0, 0.1) is 10.1 Å². The number of anilines is 1. The van der Waals surface area contributed by atoms with Crippen LogP contribution in [-0.4, -0.2) is 38.9 Å². The fourth-order valence-corrected chi connectivity index (χ4v) is 2.46. The third kappa shape index (κ3) is 3.28. The lowest BCUT2D eigenvalue weighted by atomic mass is 10.1. The molecule has 3 N–H and O–H groups in total. The van der Waals surface area contributed by atoms with Crippen molar-refractivity contribution in [2.45, 2.75) is 6.04 Å². The zero-order valence-electron chi connectivity index (χ0n) is 10.4. The number of amides is 2. The van der Waals surface area contributed by atoms with E-state index in [2.05, 4.69) is 10.6 Å². The highest BCUT2D eigenvalue weighted by molar-refractivity contribution is 8.14. The summed E-state index contributed by atoms with van der Waals surface area (Å²) in [6.45, 7) is 0. The summed E-state index contributed by atoms with van der Waals surface area (Å²) >= 11 is 0.945. The van der Waals surface area contributed by atoms with Crippen molar-refractivity contribution in [1.82, 2.24) is 5.32 Å². The molecular weight excluding hydrogens is 302 g/mol. The number of carboxylic acids is 1. The third-order valence-corrected chi connectivity index (χ3v) is 3.57. The van der Waals surface area contributed by atoms with Gasteiger partial charge in [0.15, 0.2) is 0 Å². The molecule has 10 heteroatoms. The van der Waals surface area contributed by atoms with E-state index in [0.29, 0.717) is 0 Å². The van der Waals surface area contributed by atoms with Crippen molar-refractivity contribution < 1.29 is 24.4 Å². The lowest BCUT2D eigenvalue weighted by molar-refractivity contribution is -0.384. The smallest absolute Gasteiger partial charge is 0.338 e. The molecule has 1 atom stereocenters. The number of nitro groups is 1. The number of carbonyl (C=O) groups is 3. The second kappa shape index (κ2) is 5.79. The van der Waals surface area contributed by atoms with E-state index in [-0.39, 0.29) is 16.7 Å². The van der Waals surface area contributed by atoms with Crippen LogP contribution in [0.5, 0.6) is 0 Å². The van der Waals surface area contributed by atoms with Crippen LogP contribution in [0.2, 0.25) is 0 Å². The number of aromatic carboxylic acids is 1. The molecule has 0 bridgehead atoms. The number of nitro benzene ring substituents is 1. The molecule has 0 spiro atoms. The molecule has 0 saturated carbocycles. The van der Waals surface area contributed by atoms with Gasteiger partial charge in [-0.2, -0.15) is 0 Å². The summed E-state index contributed by atoms with van der Waals surface area (Å²) in [5.74, 6) is -1.75. The number of benzene rings is 1. The van der Waals surface area contributed by atoms with Crippen LogP contribution in [0.3, 0.4) is 0 Å². The molecule has 0 aromatic heterocycles. The Morgan fingerprint density at radius 2 is 2.19 bits per heavy atom. The topological polar surface area (TPSA) is 139 Å². The van der Waals surface area contributed by atoms with Crippen LogP contribution < -0.4 is 10.6 Å². The van der Waals surface area contributed by atoms with E-state index in [1.54, 1.807) is 0 Å². The largest absolute Gasteiger partial charge is 0.478 e. The SMILES string of the molecule is O=C1NC(C(=O)Nc2ccc([N+](=O)[O-])cc2C(=O)O)CS1. The minimum atomic E-state index is -1.40. The maximum absolute atomic E-state index is 11.9. The van der Waals surface area contributed by atoms with E-state index < -0.39 is 34.1 Å². The summed E-state index contributed by atoms with van der Waals surface area (Å²) in [7, 11) is 0. The molecule has 1 heterocycles. The summed E-state index contributed by atoms with van der Waals surface area (Å²) in [6, 6.07) is 2.33. The van der Waals surface area contributed by atoms with Crippen molar-refractivity contribution in [3.05, 3.63) is 33.9 Å². The third-order valence-electron chi connectivity index (χ3n) is 2.69. The van der Waals surface area contributed by atoms with Gasteiger partial charge in [0, 0.05) is 17.9 Å². The number of carbonyl (C=O) groups excluding carboxylic acids is 2. The quantitative estimate of drug-likeness (QED) is 0.558. The van der Waals surface area contributed by atoms with Crippen molar-refractivity contribution >= 4 is 40.3 Å². The molecule has 1 aliphatic heterocycles. The molecule has 2 amide bonds. The maximum atomic E-state index is 11.9. The number of rotatable bonds is 4. The van der Waals surface area contributed by atoms with Gasteiger partial charge >= 0.3 is 5.97 Å². The number of nitrogens with one attached hydrogen (secondary N) is 2. The molecular formula is C11H9N3O6S. The second-order valence-electron chi connectivity index (χ2n) is 4.08. The molecule has 1 saturated heterocycles. The standard InChI is InChI=1S/C11H9N3O6S/c15-9(8-4-21-11(18)13-8)12-7-2-1-5(14(19)20)3-6(7)10(16)17/h1-3,8H,4H2,(H,12,15)(H,13,18)(H,16,17). The minimum absolute atomic E-state index is 0.0655. The molecule has 21 heavy (non-hydrogen) atoms. The summed E-state index contributed by atoms with van der Waals surface area (Å²) < 4.78 is 0. The lowest BCUT2D eigenvalue weighted by Crippen LogP contribution is -2.38. The first-order valence-electron chi connectivity index (χ1n) is 5.64. The van der Waals surface area contributed by atoms with Crippen molar-refractivity contribution in [2.24, 2.45) is 0 Å². The molecule has 110 valence electrons. The highest BCUT2D eigenvalue weighted by Crippen LogP contribution is 2.23. The lowest BCUT2D eigenvalue weighted by Gasteiger charge is -2.12. The summed E-state index contributed by atoms with van der Waals surface area (Å²) in [5.41, 5.74) is -0.853. The summed E-state index contributed by atoms with van der Waals surface area (Å²) in [6.07, 6.45) is 0. The summed E-state index contributed by atoms with van der Waals surface area (Å²) in [4.78, 5) is 43.9. The Morgan fingerprint density at radius 3 is 2.71 bits per heavy atom. The summed E-state index contributed by atoms with van der Waals surface area (Å²) in [5, 5.41) is 24.1. The molecule has 1 unspecified atom stereocenters. The Bertz CT molecular complexity index is 647. The molecule has 1 aromatic rings. The van der Waals surface area contributed by atoms with E-state index >= 15 is 0 Å². The number of thioether (sulfide) groups is 1. The van der Waals surface area contributed by atoms with Crippen molar-refractivity contribution in [3.8, 4) is 0 Å². The predicted molar refractivity (Wildman–Crippen MR) is 73.5 cm³/mol. The van der Waals surface area contributed by atoms with E-state index in [4.69, 9.17) is 5.11 Å². The Labute approximate surface area is 121 Å². The van der Waals surface area contributed by atoms with Crippen LogP contribution in [0.25, 0.3) is 0 Å². The van der Waals surface area contributed by atoms with Crippen molar-refractivity contribution in [1.29, 1.82) is 0 Å². The fraction of sp³-hybridized carbons (Fsp3) is 0.182. The molecule has 9 nitrogen and oxygen atoms in total. The predicted octanol–water partition coefficient (Wildman–Crippen LogP) is 1.06. The number of carboxylic acid groups (broad SMARTS) is 1. The Balaban J connectivity index is 2.23. The van der Waals surface area contributed by atoms with Crippen LogP contribution in [0.4, 0.5) is 16.2 Å². The molecule has 0 radical (unpaired) electrons. The van der Waals surface area contributed by atoms with E-state index in [1.807, 2.05) is 0 Å². The number of hydrogen-bond acceptors (Lipinski definition) is 6. The highest BCUT2D eigenvalue weighted by Gasteiger charge is 2.29. The van der Waals surface area contributed by atoms with E-state index in [0.717, 1.165) is 30.0 Å². The zero-order valence-corrected chi connectivity index (χ0v) is 11.2. The van der Waals surface area contributed by atoms with Crippen LogP contribution in [0.1, 0.15) is 10.4 Å². The van der Waals surface area contributed by atoms with Crippen LogP contribution in [0.15, 0.2) is 18.2 Å². The number of nitrogens with zero attached hydrogens (tertiary/aromatic N) is 1. The average Bonchev–Trinajstić information content (AvgIpc) is 2.85. The fourth-order valence-electron chi connectivity index (χ4n) is 1.68. The van der Waals surface area contributed by atoms with Gasteiger partial charge in [-0.05, 0) is 6.07 Å². The molecule has 1 aliphatic rings.